The lowest BCUT2D eigenvalue weighted by Crippen LogP contribution is -2.38. The summed E-state index contributed by atoms with van der Waals surface area (Å²) in [6, 6.07) is 9.69. The van der Waals surface area contributed by atoms with Crippen molar-refractivity contribution in [1.82, 2.24) is 10.2 Å². The normalized spacial score (nSPS) is 16.7. The van der Waals surface area contributed by atoms with E-state index in [1.54, 1.807) is 11.9 Å². The summed E-state index contributed by atoms with van der Waals surface area (Å²) in [4.78, 5) is 26.6. The van der Waals surface area contributed by atoms with Gasteiger partial charge in [-0.25, -0.2) is 0 Å². The molecule has 1 atom stereocenters. The van der Waals surface area contributed by atoms with Crippen LogP contribution in [0.1, 0.15) is 56.3 Å². The molecule has 3 rings (SSSR count). The minimum Gasteiger partial charge on any atom is -0.492 e. The van der Waals surface area contributed by atoms with Crippen LogP contribution >= 0.6 is 0 Å². The maximum Gasteiger partial charge on any atom is 0.257 e. The highest BCUT2D eigenvalue weighted by Crippen LogP contribution is 2.33. The van der Waals surface area contributed by atoms with Gasteiger partial charge in [0.15, 0.2) is 0 Å². The minimum absolute atomic E-state index is 0.00140. The summed E-state index contributed by atoms with van der Waals surface area (Å²) in [5.41, 5.74) is 5.62. The number of benzene rings is 2. The van der Waals surface area contributed by atoms with Gasteiger partial charge in [-0.05, 0) is 67.6 Å². The molecule has 5 nitrogen and oxygen atoms in total. The Balaban J connectivity index is 1.97. The first-order chi connectivity index (χ1) is 13.3. The topological polar surface area (TPSA) is 58.6 Å². The molecule has 0 saturated heterocycles. The van der Waals surface area contributed by atoms with Crippen molar-refractivity contribution in [2.24, 2.45) is 0 Å². The van der Waals surface area contributed by atoms with Gasteiger partial charge in [0.05, 0.1) is 12.2 Å². The molecule has 0 radical (unpaired) electrons. The maximum atomic E-state index is 13.0. The lowest BCUT2D eigenvalue weighted by molar-refractivity contribution is 0.0699. The van der Waals surface area contributed by atoms with Crippen molar-refractivity contribution in [2.75, 3.05) is 20.7 Å². The average Bonchev–Trinajstić information content (AvgIpc) is 2.70. The Kier molecular flexibility index (Phi) is 5.73. The number of ether oxygens (including phenoxy) is 1. The molecule has 0 aromatic heterocycles. The van der Waals surface area contributed by atoms with Gasteiger partial charge in [-0.3, -0.25) is 9.59 Å². The van der Waals surface area contributed by atoms with Gasteiger partial charge in [0.25, 0.3) is 11.8 Å². The molecule has 1 aliphatic heterocycles. The molecule has 0 aliphatic carbocycles. The van der Waals surface area contributed by atoms with Crippen LogP contribution in [0.2, 0.25) is 0 Å². The Morgan fingerprint density at radius 3 is 2.54 bits per heavy atom. The van der Waals surface area contributed by atoms with Crippen molar-refractivity contribution < 1.29 is 14.3 Å². The summed E-state index contributed by atoms with van der Waals surface area (Å²) >= 11 is 0. The summed E-state index contributed by atoms with van der Waals surface area (Å²) in [5.74, 6) is 0.612. The van der Waals surface area contributed by atoms with Crippen LogP contribution in [-0.2, 0) is 6.42 Å². The van der Waals surface area contributed by atoms with Crippen molar-refractivity contribution in [3.63, 3.8) is 0 Å². The van der Waals surface area contributed by atoms with Gasteiger partial charge in [0.2, 0.25) is 0 Å². The summed E-state index contributed by atoms with van der Waals surface area (Å²) in [6.07, 6.45) is 1.51. The van der Waals surface area contributed by atoms with E-state index in [4.69, 9.17) is 4.74 Å². The Labute approximate surface area is 166 Å². The first kappa shape index (κ1) is 19.9. The van der Waals surface area contributed by atoms with Crippen LogP contribution in [0.3, 0.4) is 0 Å². The molecule has 2 aromatic carbocycles. The average molecular weight is 380 g/mol. The first-order valence-electron chi connectivity index (χ1n) is 9.67. The molecular weight excluding hydrogens is 352 g/mol. The molecular formula is C23H28N2O3. The van der Waals surface area contributed by atoms with E-state index in [9.17, 15) is 9.59 Å². The van der Waals surface area contributed by atoms with Crippen molar-refractivity contribution in [3.8, 4) is 5.75 Å². The summed E-state index contributed by atoms with van der Waals surface area (Å²) in [7, 11) is 3.48. The van der Waals surface area contributed by atoms with Crippen LogP contribution in [0.5, 0.6) is 5.75 Å². The Morgan fingerprint density at radius 1 is 1.21 bits per heavy atom. The van der Waals surface area contributed by atoms with E-state index in [0.717, 1.165) is 28.7 Å². The van der Waals surface area contributed by atoms with E-state index in [1.165, 1.54) is 0 Å². The summed E-state index contributed by atoms with van der Waals surface area (Å²) in [5, 5.41) is 2.63. The number of carbonyl (C=O) groups excluding carboxylic acids is 2. The van der Waals surface area contributed by atoms with Gasteiger partial charge in [-0.15, -0.1) is 0 Å². The zero-order chi connectivity index (χ0) is 20.4. The second-order valence-electron chi connectivity index (χ2n) is 7.52. The van der Waals surface area contributed by atoms with Gasteiger partial charge >= 0.3 is 0 Å². The van der Waals surface area contributed by atoms with E-state index >= 15 is 0 Å². The third-order valence-corrected chi connectivity index (χ3v) is 5.78. The maximum absolute atomic E-state index is 13.0. The van der Waals surface area contributed by atoms with Crippen LogP contribution in [0.15, 0.2) is 30.3 Å². The molecule has 5 heteroatoms. The number of fused-ring (bicyclic) bond motifs is 1. The molecule has 1 unspecified atom stereocenters. The van der Waals surface area contributed by atoms with E-state index in [1.807, 2.05) is 51.2 Å². The lowest BCUT2D eigenvalue weighted by atomic mass is 9.92. The highest BCUT2D eigenvalue weighted by molar-refractivity contribution is 5.98. The third-order valence-electron chi connectivity index (χ3n) is 5.78. The third kappa shape index (κ3) is 3.75. The van der Waals surface area contributed by atoms with Crippen molar-refractivity contribution in [1.29, 1.82) is 0 Å². The number of hydrogen-bond donors (Lipinski definition) is 1. The largest absolute Gasteiger partial charge is 0.492 e. The molecule has 0 saturated carbocycles. The standard InChI is InChI=1S/C23H28N2O3/c1-14-10-11-28-21-16(3)15(2)19(13-20(21)23(27)25(14)5)12-17-6-8-18(9-7-17)22(26)24-4/h6-9,13-14H,10-12H2,1-5H3,(H,24,26). The second-order valence-corrected chi connectivity index (χ2v) is 7.52. The second kappa shape index (κ2) is 8.05. The van der Waals surface area contributed by atoms with Gasteiger partial charge in [-0.1, -0.05) is 12.1 Å². The quantitative estimate of drug-likeness (QED) is 0.887. The van der Waals surface area contributed by atoms with E-state index in [2.05, 4.69) is 12.2 Å². The number of amides is 2. The van der Waals surface area contributed by atoms with Crippen molar-refractivity contribution >= 4 is 11.8 Å². The Morgan fingerprint density at radius 2 is 1.89 bits per heavy atom. The SMILES string of the molecule is CNC(=O)c1ccc(Cc2cc3c(c(C)c2C)OCCC(C)N(C)C3=O)cc1. The Hall–Kier alpha value is -2.82. The van der Waals surface area contributed by atoms with Crippen LogP contribution in [0, 0.1) is 13.8 Å². The zero-order valence-electron chi connectivity index (χ0n) is 17.3. The smallest absolute Gasteiger partial charge is 0.257 e. The fourth-order valence-electron chi connectivity index (χ4n) is 3.54. The van der Waals surface area contributed by atoms with Gasteiger partial charge in [0.1, 0.15) is 5.75 Å². The van der Waals surface area contributed by atoms with Crippen LogP contribution in [0.4, 0.5) is 0 Å². The van der Waals surface area contributed by atoms with Crippen LogP contribution in [-0.4, -0.2) is 43.5 Å². The highest BCUT2D eigenvalue weighted by atomic mass is 16.5. The zero-order valence-corrected chi connectivity index (χ0v) is 17.3. The molecule has 1 aliphatic rings. The minimum atomic E-state index is -0.0976. The molecule has 1 N–H and O–H groups in total. The number of rotatable bonds is 3. The predicted octanol–water partition coefficient (Wildman–Crippen LogP) is 3.50. The van der Waals surface area contributed by atoms with Gasteiger partial charge in [0, 0.05) is 32.1 Å². The molecule has 0 spiro atoms. The lowest BCUT2D eigenvalue weighted by Gasteiger charge is -2.30. The molecule has 0 bridgehead atoms. The fraction of sp³-hybridized carbons (Fsp3) is 0.391. The van der Waals surface area contributed by atoms with Crippen molar-refractivity contribution in [3.05, 3.63) is 63.7 Å². The molecule has 28 heavy (non-hydrogen) atoms. The number of hydrogen-bond acceptors (Lipinski definition) is 3. The van der Waals surface area contributed by atoms with E-state index in [0.29, 0.717) is 29.9 Å². The Bertz CT molecular complexity index is 903. The molecule has 0 fully saturated rings. The molecule has 1 heterocycles. The summed E-state index contributed by atoms with van der Waals surface area (Å²) in [6.45, 7) is 6.74. The molecule has 148 valence electrons. The highest BCUT2D eigenvalue weighted by Gasteiger charge is 2.26. The van der Waals surface area contributed by atoms with Gasteiger partial charge in [-0.2, -0.15) is 0 Å². The number of carbonyl (C=O) groups is 2. The monoisotopic (exact) mass is 380 g/mol. The van der Waals surface area contributed by atoms with Crippen molar-refractivity contribution in [2.45, 2.75) is 39.7 Å². The first-order valence-corrected chi connectivity index (χ1v) is 9.67. The summed E-state index contributed by atoms with van der Waals surface area (Å²) < 4.78 is 6.00. The molecule has 2 aromatic rings. The van der Waals surface area contributed by atoms with E-state index < -0.39 is 0 Å². The van der Waals surface area contributed by atoms with E-state index in [-0.39, 0.29) is 17.9 Å². The van der Waals surface area contributed by atoms with Crippen LogP contribution < -0.4 is 10.1 Å². The predicted molar refractivity (Wildman–Crippen MR) is 110 cm³/mol. The number of nitrogens with one attached hydrogen (secondary N) is 1. The molecule has 2 amide bonds. The van der Waals surface area contributed by atoms with Gasteiger partial charge < -0.3 is 15.0 Å². The fourth-order valence-corrected chi connectivity index (χ4v) is 3.54. The number of nitrogens with zero attached hydrogens (tertiary/aromatic N) is 1. The van der Waals surface area contributed by atoms with Crippen LogP contribution in [0.25, 0.3) is 0 Å².